The predicted molar refractivity (Wildman–Crippen MR) is 77.7 cm³/mol. The number of benzene rings is 1. The predicted octanol–water partition coefficient (Wildman–Crippen LogP) is 1.41. The summed E-state index contributed by atoms with van der Waals surface area (Å²) in [5.41, 5.74) is 1.16. The molecule has 1 N–H and O–H groups in total. The number of sulfonamides is 1. The summed E-state index contributed by atoms with van der Waals surface area (Å²) in [5.74, 6) is 0.559. The second-order valence-electron chi connectivity index (χ2n) is 5.44. The molecular weight excluding hydrogens is 276 g/mol. The van der Waals surface area contributed by atoms with Gasteiger partial charge >= 0.3 is 0 Å². The molecule has 0 aliphatic carbocycles. The van der Waals surface area contributed by atoms with Crippen LogP contribution in [0.3, 0.4) is 0 Å². The summed E-state index contributed by atoms with van der Waals surface area (Å²) >= 11 is 0. The van der Waals surface area contributed by atoms with Gasteiger partial charge in [-0.05, 0) is 30.0 Å². The molecule has 0 spiro atoms. The number of hydrazine groups is 1. The number of ether oxygens (including phenoxy) is 1. The number of hydrogen-bond acceptors (Lipinski definition) is 4. The zero-order valence-electron chi connectivity index (χ0n) is 12.0. The largest absolute Gasteiger partial charge is 0.379 e. The van der Waals surface area contributed by atoms with Gasteiger partial charge in [0.15, 0.2) is 0 Å². The molecule has 0 unspecified atom stereocenters. The Labute approximate surface area is 120 Å². The third kappa shape index (κ3) is 4.28. The first-order chi connectivity index (χ1) is 9.47. The number of hydrogen-bond donors (Lipinski definition) is 1. The normalized spacial score (nSPS) is 17.6. The van der Waals surface area contributed by atoms with E-state index < -0.39 is 10.0 Å². The molecule has 6 heteroatoms. The van der Waals surface area contributed by atoms with Crippen molar-refractivity contribution in [2.75, 3.05) is 26.3 Å². The fraction of sp³-hybridized carbons (Fsp3) is 0.571. The average molecular weight is 298 g/mol. The SMILES string of the molecule is CC(C)Cc1ccc(S(=O)(=O)NN2CCOCC2)cc1. The van der Waals surface area contributed by atoms with Crippen molar-refractivity contribution in [3.8, 4) is 0 Å². The number of nitrogens with one attached hydrogen (secondary N) is 1. The van der Waals surface area contributed by atoms with Crippen LogP contribution in [0.2, 0.25) is 0 Å². The highest BCUT2D eigenvalue weighted by Crippen LogP contribution is 2.14. The lowest BCUT2D eigenvalue weighted by Crippen LogP contribution is -2.48. The van der Waals surface area contributed by atoms with Gasteiger partial charge < -0.3 is 4.74 Å². The Balaban J connectivity index is 2.04. The van der Waals surface area contributed by atoms with Crippen molar-refractivity contribution in [1.29, 1.82) is 0 Å². The molecule has 0 radical (unpaired) electrons. The maximum atomic E-state index is 12.2. The highest BCUT2D eigenvalue weighted by Gasteiger charge is 2.19. The van der Waals surface area contributed by atoms with Crippen LogP contribution >= 0.6 is 0 Å². The van der Waals surface area contributed by atoms with Crippen LogP contribution < -0.4 is 4.83 Å². The van der Waals surface area contributed by atoms with Gasteiger partial charge in [0.1, 0.15) is 0 Å². The third-order valence-electron chi connectivity index (χ3n) is 3.14. The molecule has 1 aliphatic rings. The summed E-state index contributed by atoms with van der Waals surface area (Å²) in [7, 11) is -3.48. The Morgan fingerprint density at radius 1 is 1.20 bits per heavy atom. The van der Waals surface area contributed by atoms with E-state index >= 15 is 0 Å². The molecule has 0 saturated carbocycles. The average Bonchev–Trinajstić information content (AvgIpc) is 2.39. The molecule has 0 amide bonds. The minimum atomic E-state index is -3.48. The second kappa shape index (κ2) is 6.67. The maximum Gasteiger partial charge on any atom is 0.253 e. The van der Waals surface area contributed by atoms with Crippen molar-refractivity contribution in [2.45, 2.75) is 25.2 Å². The molecule has 1 heterocycles. The Morgan fingerprint density at radius 2 is 1.80 bits per heavy atom. The molecule has 2 rings (SSSR count). The van der Waals surface area contributed by atoms with Crippen molar-refractivity contribution in [3.63, 3.8) is 0 Å². The van der Waals surface area contributed by atoms with Crippen molar-refractivity contribution >= 4 is 10.0 Å². The number of nitrogens with zero attached hydrogens (tertiary/aromatic N) is 1. The smallest absolute Gasteiger partial charge is 0.253 e. The van der Waals surface area contributed by atoms with Gasteiger partial charge in [-0.3, -0.25) is 0 Å². The molecule has 0 bridgehead atoms. The van der Waals surface area contributed by atoms with Gasteiger partial charge in [0.2, 0.25) is 0 Å². The van der Waals surface area contributed by atoms with Gasteiger partial charge in [-0.15, -0.1) is 4.83 Å². The Morgan fingerprint density at radius 3 is 2.35 bits per heavy atom. The van der Waals surface area contributed by atoms with Crippen LogP contribution in [0, 0.1) is 5.92 Å². The van der Waals surface area contributed by atoms with Gasteiger partial charge in [0.25, 0.3) is 10.0 Å². The fourth-order valence-corrected chi connectivity index (χ4v) is 3.28. The zero-order valence-corrected chi connectivity index (χ0v) is 12.8. The van der Waals surface area contributed by atoms with E-state index in [1.807, 2.05) is 12.1 Å². The molecule has 112 valence electrons. The summed E-state index contributed by atoms with van der Waals surface area (Å²) in [6.07, 6.45) is 0.956. The first-order valence-corrected chi connectivity index (χ1v) is 8.40. The fourth-order valence-electron chi connectivity index (χ4n) is 2.15. The topological polar surface area (TPSA) is 58.6 Å². The zero-order chi connectivity index (χ0) is 14.6. The highest BCUT2D eigenvalue weighted by molar-refractivity contribution is 7.89. The lowest BCUT2D eigenvalue weighted by molar-refractivity contribution is 0.0272. The first-order valence-electron chi connectivity index (χ1n) is 6.91. The molecule has 1 aliphatic heterocycles. The van der Waals surface area contributed by atoms with E-state index in [9.17, 15) is 8.42 Å². The Hall–Kier alpha value is -0.950. The summed E-state index contributed by atoms with van der Waals surface area (Å²) in [4.78, 5) is 2.90. The third-order valence-corrected chi connectivity index (χ3v) is 4.53. The standard InChI is InChI=1S/C14H22N2O3S/c1-12(2)11-13-3-5-14(6-4-13)20(17,18)15-16-7-9-19-10-8-16/h3-6,12,15H,7-11H2,1-2H3. The summed E-state index contributed by atoms with van der Waals surface area (Å²) < 4.78 is 29.7. The molecule has 20 heavy (non-hydrogen) atoms. The Kier molecular flexibility index (Phi) is 5.15. The van der Waals surface area contributed by atoms with Crippen molar-refractivity contribution in [1.82, 2.24) is 9.84 Å². The van der Waals surface area contributed by atoms with E-state index in [2.05, 4.69) is 18.7 Å². The van der Waals surface area contributed by atoms with Crippen LogP contribution in [0.4, 0.5) is 0 Å². The minimum Gasteiger partial charge on any atom is -0.379 e. The van der Waals surface area contributed by atoms with Crippen LogP contribution in [0.25, 0.3) is 0 Å². The van der Waals surface area contributed by atoms with E-state index in [0.717, 1.165) is 12.0 Å². The molecule has 5 nitrogen and oxygen atoms in total. The highest BCUT2D eigenvalue weighted by atomic mass is 32.2. The quantitative estimate of drug-likeness (QED) is 0.893. The van der Waals surface area contributed by atoms with E-state index in [1.54, 1.807) is 17.1 Å². The van der Waals surface area contributed by atoms with Gasteiger partial charge in [-0.2, -0.15) is 0 Å². The van der Waals surface area contributed by atoms with E-state index in [1.165, 1.54) is 0 Å². The monoisotopic (exact) mass is 298 g/mol. The van der Waals surface area contributed by atoms with E-state index in [-0.39, 0.29) is 0 Å². The molecule has 1 aromatic rings. The number of rotatable bonds is 5. The Bertz CT molecular complexity index is 520. The van der Waals surface area contributed by atoms with Crippen molar-refractivity contribution in [3.05, 3.63) is 29.8 Å². The maximum absolute atomic E-state index is 12.2. The van der Waals surface area contributed by atoms with Gasteiger partial charge in [-0.1, -0.05) is 26.0 Å². The van der Waals surface area contributed by atoms with Crippen LogP contribution in [0.15, 0.2) is 29.2 Å². The summed E-state index contributed by atoms with van der Waals surface area (Å²) in [5, 5.41) is 1.68. The van der Waals surface area contributed by atoms with E-state index in [0.29, 0.717) is 37.1 Å². The number of morpholine rings is 1. The van der Waals surface area contributed by atoms with Crippen LogP contribution in [-0.2, 0) is 21.2 Å². The minimum absolute atomic E-state index is 0.302. The molecule has 1 aromatic carbocycles. The van der Waals surface area contributed by atoms with Crippen molar-refractivity contribution in [2.24, 2.45) is 5.92 Å². The lowest BCUT2D eigenvalue weighted by Gasteiger charge is -2.26. The van der Waals surface area contributed by atoms with Gasteiger partial charge in [0.05, 0.1) is 18.1 Å². The van der Waals surface area contributed by atoms with Gasteiger partial charge in [-0.25, -0.2) is 13.4 Å². The molecule has 1 saturated heterocycles. The summed E-state index contributed by atoms with van der Waals surface area (Å²) in [6, 6.07) is 7.10. The molecule has 1 fully saturated rings. The van der Waals surface area contributed by atoms with Crippen LogP contribution in [0.5, 0.6) is 0 Å². The van der Waals surface area contributed by atoms with Crippen LogP contribution in [0.1, 0.15) is 19.4 Å². The first kappa shape index (κ1) is 15.4. The second-order valence-corrected chi connectivity index (χ2v) is 7.10. The lowest BCUT2D eigenvalue weighted by atomic mass is 10.0. The molecular formula is C14H22N2O3S. The van der Waals surface area contributed by atoms with Gasteiger partial charge in [0, 0.05) is 13.1 Å². The van der Waals surface area contributed by atoms with Crippen molar-refractivity contribution < 1.29 is 13.2 Å². The van der Waals surface area contributed by atoms with E-state index in [4.69, 9.17) is 4.74 Å². The van der Waals surface area contributed by atoms with Crippen LogP contribution in [-0.4, -0.2) is 39.7 Å². The summed E-state index contributed by atoms with van der Waals surface area (Å²) in [6.45, 7) is 6.54. The molecule has 0 atom stereocenters. The molecule has 0 aromatic heterocycles.